The van der Waals surface area contributed by atoms with Crippen molar-refractivity contribution >= 4 is 29.8 Å². The Morgan fingerprint density at radius 3 is 2.28 bits per heavy atom. The number of nitrogens with one attached hydrogen (secondary N) is 1. The molecule has 2 N–H and O–H groups in total. The third kappa shape index (κ3) is 5.58. The molecule has 184 valence electrons. The van der Waals surface area contributed by atoms with Crippen LogP contribution < -0.4 is 9.47 Å². The minimum absolute atomic E-state index is 0.0364. The molecule has 0 saturated heterocycles. The van der Waals surface area contributed by atoms with Crippen LogP contribution >= 0.6 is 11.8 Å². The second-order valence-electron chi connectivity index (χ2n) is 7.25. The molecule has 4 aromatic rings. The molecule has 0 unspecified atom stereocenters. The van der Waals surface area contributed by atoms with Crippen LogP contribution in [0.25, 0.3) is 28.8 Å². The van der Waals surface area contributed by atoms with Gasteiger partial charge in [0, 0.05) is 23.3 Å². The van der Waals surface area contributed by atoms with E-state index in [1.165, 1.54) is 13.2 Å². The number of hydrogen-bond donors (Lipinski definition) is 2. The van der Waals surface area contributed by atoms with E-state index < -0.39 is 11.9 Å². The van der Waals surface area contributed by atoms with Crippen LogP contribution in [0.3, 0.4) is 0 Å². The quantitative estimate of drug-likeness (QED) is 0.185. The fraction of sp³-hybridized carbons (Fsp3) is 0.120. The predicted molar refractivity (Wildman–Crippen MR) is 132 cm³/mol. The number of carboxylic acid groups (broad SMARTS) is 1. The van der Waals surface area contributed by atoms with E-state index in [-0.39, 0.29) is 10.1 Å². The Labute approximate surface area is 209 Å². The maximum absolute atomic E-state index is 11.9. The van der Waals surface area contributed by atoms with Crippen LogP contribution in [0.4, 0.5) is 0 Å². The van der Waals surface area contributed by atoms with Crippen molar-refractivity contribution in [3.8, 4) is 34.2 Å². The van der Waals surface area contributed by atoms with E-state index in [4.69, 9.17) is 18.6 Å². The van der Waals surface area contributed by atoms with E-state index in [1.54, 1.807) is 68.8 Å². The molecule has 0 aliphatic rings. The molecule has 4 rings (SSSR count). The largest absolute Gasteiger partial charge is 0.497 e. The summed E-state index contributed by atoms with van der Waals surface area (Å²) in [6.45, 7) is 0. The number of benzene rings is 2. The average molecular weight is 508 g/mol. The van der Waals surface area contributed by atoms with Gasteiger partial charge in [-0.15, -0.1) is 5.10 Å². The number of rotatable bonds is 9. The standard InChI is InChI=1S/C25H21N3O7S/c1-32-18-10-16(11-19(12-18)33-2)22-26-25(28-27-22)36-21(23(29)30)13-17-8-9-20(35-17)14-4-6-15(7-5-14)24(31)34-3/h4-13H,1-3H3,(H,29,30)(H,26,27,28)/b21-13-. The van der Waals surface area contributed by atoms with Gasteiger partial charge in [-0.05, 0) is 48.2 Å². The summed E-state index contributed by atoms with van der Waals surface area (Å²) < 4.78 is 21.0. The second-order valence-corrected chi connectivity index (χ2v) is 8.26. The van der Waals surface area contributed by atoms with Gasteiger partial charge < -0.3 is 23.7 Å². The topological polar surface area (TPSA) is 137 Å². The summed E-state index contributed by atoms with van der Waals surface area (Å²) in [7, 11) is 4.40. The van der Waals surface area contributed by atoms with Crippen LogP contribution in [-0.2, 0) is 9.53 Å². The zero-order valence-corrected chi connectivity index (χ0v) is 20.3. The van der Waals surface area contributed by atoms with Crippen molar-refractivity contribution in [3.05, 3.63) is 70.8 Å². The Morgan fingerprint density at radius 2 is 1.67 bits per heavy atom. The Hall–Kier alpha value is -4.51. The lowest BCUT2D eigenvalue weighted by molar-refractivity contribution is -0.131. The van der Waals surface area contributed by atoms with Crippen LogP contribution in [0.5, 0.6) is 11.5 Å². The first kappa shape index (κ1) is 24.6. The first-order valence-corrected chi connectivity index (χ1v) is 11.3. The third-order valence-electron chi connectivity index (χ3n) is 4.99. The van der Waals surface area contributed by atoms with Crippen LogP contribution in [0.15, 0.2) is 69.1 Å². The van der Waals surface area contributed by atoms with E-state index in [1.807, 2.05) is 0 Å². The monoisotopic (exact) mass is 507 g/mol. The van der Waals surface area contributed by atoms with Crippen LogP contribution in [0.2, 0.25) is 0 Å². The summed E-state index contributed by atoms with van der Waals surface area (Å²) in [5, 5.41) is 16.9. The number of carboxylic acids is 1. The summed E-state index contributed by atoms with van der Waals surface area (Å²) in [6, 6.07) is 15.3. The summed E-state index contributed by atoms with van der Waals surface area (Å²) >= 11 is 0.874. The maximum atomic E-state index is 11.9. The van der Waals surface area contributed by atoms with Gasteiger partial charge >= 0.3 is 11.9 Å². The van der Waals surface area contributed by atoms with Gasteiger partial charge in [0.2, 0.25) is 5.16 Å². The van der Waals surface area contributed by atoms with Crippen LogP contribution in [0, 0.1) is 0 Å². The molecule has 0 saturated carbocycles. The molecule has 2 aromatic carbocycles. The number of ether oxygens (including phenoxy) is 3. The van der Waals surface area contributed by atoms with Crippen molar-refractivity contribution in [2.24, 2.45) is 0 Å². The number of thioether (sulfide) groups is 1. The summed E-state index contributed by atoms with van der Waals surface area (Å²) in [4.78, 5) is 27.8. The molecule has 0 aliphatic heterocycles. The van der Waals surface area contributed by atoms with Gasteiger partial charge in [0.05, 0.1) is 26.9 Å². The van der Waals surface area contributed by atoms with E-state index in [2.05, 4.69) is 15.2 Å². The number of carbonyl (C=O) groups excluding carboxylic acids is 1. The highest BCUT2D eigenvalue weighted by molar-refractivity contribution is 8.04. The lowest BCUT2D eigenvalue weighted by Crippen LogP contribution is -2.00. The molecular weight excluding hydrogens is 486 g/mol. The molecule has 0 aliphatic carbocycles. The van der Waals surface area contributed by atoms with Gasteiger partial charge in [0.25, 0.3) is 0 Å². The lowest BCUT2D eigenvalue weighted by atomic mass is 10.1. The Morgan fingerprint density at radius 1 is 0.972 bits per heavy atom. The zero-order chi connectivity index (χ0) is 25.7. The molecule has 0 spiro atoms. The van der Waals surface area contributed by atoms with Crippen molar-refractivity contribution in [2.45, 2.75) is 5.16 Å². The molecule has 10 nitrogen and oxygen atoms in total. The fourth-order valence-corrected chi connectivity index (χ4v) is 3.89. The lowest BCUT2D eigenvalue weighted by Gasteiger charge is -2.06. The molecule has 0 atom stereocenters. The Kier molecular flexibility index (Phi) is 7.40. The normalized spacial score (nSPS) is 11.2. The van der Waals surface area contributed by atoms with Gasteiger partial charge in [-0.25, -0.2) is 14.6 Å². The van der Waals surface area contributed by atoms with E-state index in [0.29, 0.717) is 40.0 Å². The number of nitrogens with zero attached hydrogens (tertiary/aromatic N) is 2. The number of carbonyl (C=O) groups is 2. The Bertz CT molecular complexity index is 1400. The van der Waals surface area contributed by atoms with Crippen LogP contribution in [0.1, 0.15) is 16.1 Å². The molecule has 0 bridgehead atoms. The molecule has 0 fully saturated rings. The van der Waals surface area contributed by atoms with Gasteiger partial charge in [-0.3, -0.25) is 5.10 Å². The number of aliphatic carboxylic acids is 1. The smallest absolute Gasteiger partial charge is 0.342 e. The molecular formula is C25H21N3O7S. The highest BCUT2D eigenvalue weighted by Crippen LogP contribution is 2.32. The summed E-state index contributed by atoms with van der Waals surface area (Å²) in [6.07, 6.45) is 1.39. The highest BCUT2D eigenvalue weighted by atomic mass is 32.2. The van der Waals surface area contributed by atoms with Gasteiger partial charge in [-0.2, -0.15) is 0 Å². The van der Waals surface area contributed by atoms with Crippen molar-refractivity contribution in [1.29, 1.82) is 0 Å². The SMILES string of the molecule is COC(=O)c1ccc(-c2ccc(/C=C(\Sc3n[nH]c(-c4cc(OC)cc(OC)c4)n3)C(=O)O)o2)cc1. The predicted octanol–water partition coefficient (Wildman–Crippen LogP) is 4.75. The molecule has 36 heavy (non-hydrogen) atoms. The number of hydrogen-bond acceptors (Lipinski definition) is 9. The zero-order valence-electron chi connectivity index (χ0n) is 19.5. The van der Waals surface area contributed by atoms with Crippen molar-refractivity contribution < 1.29 is 33.3 Å². The maximum Gasteiger partial charge on any atom is 0.342 e. The number of H-pyrrole nitrogens is 1. The van der Waals surface area contributed by atoms with Gasteiger partial charge in [0.15, 0.2) is 5.82 Å². The molecule has 0 radical (unpaired) electrons. The fourth-order valence-electron chi connectivity index (χ4n) is 3.20. The third-order valence-corrected chi connectivity index (χ3v) is 5.87. The molecule has 11 heteroatoms. The van der Waals surface area contributed by atoms with Gasteiger partial charge in [-0.1, -0.05) is 12.1 Å². The summed E-state index contributed by atoms with van der Waals surface area (Å²) in [5.41, 5.74) is 1.80. The van der Waals surface area contributed by atoms with E-state index >= 15 is 0 Å². The minimum Gasteiger partial charge on any atom is -0.497 e. The first-order chi connectivity index (χ1) is 17.4. The first-order valence-electron chi connectivity index (χ1n) is 10.5. The molecule has 0 amide bonds. The number of aromatic nitrogens is 3. The number of esters is 1. The minimum atomic E-state index is -1.16. The van der Waals surface area contributed by atoms with Crippen LogP contribution in [-0.4, -0.2) is 53.6 Å². The second kappa shape index (κ2) is 10.8. The van der Waals surface area contributed by atoms with Crippen molar-refractivity contribution in [1.82, 2.24) is 15.2 Å². The van der Waals surface area contributed by atoms with Crippen molar-refractivity contribution in [2.75, 3.05) is 21.3 Å². The summed E-state index contributed by atoms with van der Waals surface area (Å²) in [5.74, 6) is 0.836. The van der Waals surface area contributed by atoms with E-state index in [0.717, 1.165) is 17.3 Å². The Balaban J connectivity index is 1.54. The number of methoxy groups -OCH3 is 3. The van der Waals surface area contributed by atoms with E-state index in [9.17, 15) is 14.7 Å². The number of aromatic amines is 1. The highest BCUT2D eigenvalue weighted by Gasteiger charge is 2.16. The molecule has 2 heterocycles. The van der Waals surface area contributed by atoms with Crippen molar-refractivity contribution in [3.63, 3.8) is 0 Å². The number of furan rings is 1. The average Bonchev–Trinajstić information content (AvgIpc) is 3.57. The van der Waals surface area contributed by atoms with Gasteiger partial charge in [0.1, 0.15) is 27.9 Å². The molecule has 2 aromatic heterocycles.